The Morgan fingerprint density at radius 2 is 1.91 bits per heavy atom. The van der Waals surface area contributed by atoms with E-state index in [2.05, 4.69) is 39.8 Å². The second-order valence-corrected chi connectivity index (χ2v) is 2.94. The summed E-state index contributed by atoms with van der Waals surface area (Å²) in [6.07, 6.45) is 8.17. The van der Waals surface area contributed by atoms with Gasteiger partial charge in [-0.1, -0.05) is 43.6 Å². The zero-order chi connectivity index (χ0) is 8.69. The Labute approximate surface area is 71.0 Å². The molecule has 0 radical (unpaired) electrons. The molecule has 0 saturated carbocycles. The second kappa shape index (κ2) is 6.21. The van der Waals surface area contributed by atoms with Gasteiger partial charge in [0.25, 0.3) is 0 Å². The van der Waals surface area contributed by atoms with Gasteiger partial charge in [-0.25, -0.2) is 0 Å². The molecule has 0 spiro atoms. The Bertz CT molecular complexity index is 149. The molecule has 0 atom stereocenters. The highest BCUT2D eigenvalue weighted by atomic mass is 14.0. The average molecular weight is 152 g/mol. The summed E-state index contributed by atoms with van der Waals surface area (Å²) in [6.45, 7) is 8.70. The Kier molecular flexibility index (Phi) is 5.91. The van der Waals surface area contributed by atoms with Gasteiger partial charge in [0.2, 0.25) is 0 Å². The maximum atomic E-state index is 2.31. The van der Waals surface area contributed by atoms with Gasteiger partial charge >= 0.3 is 0 Å². The first-order valence-electron chi connectivity index (χ1n) is 4.56. The molecule has 0 saturated heterocycles. The molecule has 0 heterocycles. The molecule has 0 nitrogen and oxygen atoms in total. The smallest absolute Gasteiger partial charge is 0.0320 e. The summed E-state index contributed by atoms with van der Waals surface area (Å²) < 4.78 is 0. The number of rotatable bonds is 4. The Balaban J connectivity index is 4.10. The van der Waals surface area contributed by atoms with Crippen molar-refractivity contribution in [1.82, 2.24) is 0 Å². The van der Waals surface area contributed by atoms with Gasteiger partial charge in [-0.2, -0.15) is 0 Å². The van der Waals surface area contributed by atoms with Crippen LogP contribution in [0.15, 0.2) is 23.3 Å². The molecule has 0 bridgehead atoms. The van der Waals surface area contributed by atoms with E-state index >= 15 is 0 Å². The largest absolute Gasteiger partial charge is 0.0847 e. The molecule has 0 aliphatic rings. The first-order chi connectivity index (χ1) is 5.24. The molecule has 0 fully saturated rings. The first kappa shape index (κ1) is 10.5. The summed E-state index contributed by atoms with van der Waals surface area (Å²) >= 11 is 0. The van der Waals surface area contributed by atoms with Crippen molar-refractivity contribution in [3.8, 4) is 0 Å². The molecule has 0 N–H and O–H groups in total. The minimum atomic E-state index is 1.19. The van der Waals surface area contributed by atoms with Crippen LogP contribution in [0.2, 0.25) is 0 Å². The predicted octanol–water partition coefficient (Wildman–Crippen LogP) is 4.09. The third-order valence-electron chi connectivity index (χ3n) is 1.91. The maximum Gasteiger partial charge on any atom is -0.0320 e. The summed E-state index contributed by atoms with van der Waals surface area (Å²) in [5.74, 6) is 0. The minimum absolute atomic E-state index is 1.19. The van der Waals surface area contributed by atoms with Crippen molar-refractivity contribution in [2.75, 3.05) is 0 Å². The van der Waals surface area contributed by atoms with E-state index in [0.29, 0.717) is 0 Å². The van der Waals surface area contributed by atoms with Crippen LogP contribution >= 0.6 is 0 Å². The highest BCUT2D eigenvalue weighted by Crippen LogP contribution is 2.11. The van der Waals surface area contributed by atoms with E-state index in [1.54, 1.807) is 5.57 Å². The van der Waals surface area contributed by atoms with Crippen molar-refractivity contribution in [2.24, 2.45) is 0 Å². The van der Waals surface area contributed by atoms with Gasteiger partial charge in [-0.15, -0.1) is 0 Å². The fourth-order valence-corrected chi connectivity index (χ4v) is 1.08. The Morgan fingerprint density at radius 3 is 2.27 bits per heavy atom. The van der Waals surface area contributed by atoms with Gasteiger partial charge in [0, 0.05) is 0 Å². The summed E-state index contributed by atoms with van der Waals surface area (Å²) in [7, 11) is 0. The highest BCUT2D eigenvalue weighted by molar-refractivity contribution is 5.20. The van der Waals surface area contributed by atoms with E-state index in [9.17, 15) is 0 Å². The molecule has 0 aliphatic heterocycles. The summed E-state index contributed by atoms with van der Waals surface area (Å²) in [6, 6.07) is 0. The predicted molar refractivity (Wildman–Crippen MR) is 52.7 cm³/mol. The van der Waals surface area contributed by atoms with Gasteiger partial charge in [-0.05, 0) is 26.7 Å². The van der Waals surface area contributed by atoms with Crippen molar-refractivity contribution in [3.05, 3.63) is 23.3 Å². The molecule has 0 aromatic carbocycles. The van der Waals surface area contributed by atoms with Crippen LogP contribution in [-0.2, 0) is 0 Å². The molecule has 0 amide bonds. The topological polar surface area (TPSA) is 0 Å². The third-order valence-corrected chi connectivity index (χ3v) is 1.91. The molecule has 0 heteroatoms. The van der Waals surface area contributed by atoms with E-state index in [0.717, 1.165) is 0 Å². The molecule has 0 aliphatic carbocycles. The molecule has 64 valence electrons. The van der Waals surface area contributed by atoms with Gasteiger partial charge in [0.05, 0.1) is 0 Å². The summed E-state index contributed by atoms with van der Waals surface area (Å²) in [5.41, 5.74) is 2.96. The van der Waals surface area contributed by atoms with Gasteiger partial charge < -0.3 is 0 Å². The van der Waals surface area contributed by atoms with Crippen molar-refractivity contribution in [1.29, 1.82) is 0 Å². The summed E-state index contributed by atoms with van der Waals surface area (Å²) in [4.78, 5) is 0. The van der Waals surface area contributed by atoms with Crippen LogP contribution in [0.1, 0.15) is 47.0 Å². The van der Waals surface area contributed by atoms with Crippen LogP contribution in [-0.4, -0.2) is 0 Å². The molecule has 0 rings (SSSR count). The molecule has 11 heavy (non-hydrogen) atoms. The van der Waals surface area contributed by atoms with E-state index in [-0.39, 0.29) is 0 Å². The molecule has 0 unspecified atom stereocenters. The van der Waals surface area contributed by atoms with Crippen LogP contribution in [0, 0.1) is 0 Å². The molecule has 0 aromatic heterocycles. The molecule has 0 aromatic rings. The SMILES string of the molecule is C/C=C(C)\C=C(\CC)CCC. The minimum Gasteiger partial charge on any atom is -0.0847 e. The molecular weight excluding hydrogens is 132 g/mol. The standard InChI is InChI=1S/C11H20/c1-5-8-11(7-3)9-10(4)6-2/h6,9H,5,7-8H2,1-4H3/b10-6-,11-9-. The Morgan fingerprint density at radius 1 is 1.27 bits per heavy atom. The van der Waals surface area contributed by atoms with Crippen molar-refractivity contribution in [3.63, 3.8) is 0 Å². The van der Waals surface area contributed by atoms with E-state index in [1.807, 2.05) is 0 Å². The van der Waals surface area contributed by atoms with Crippen molar-refractivity contribution < 1.29 is 0 Å². The van der Waals surface area contributed by atoms with Crippen LogP contribution in [0.5, 0.6) is 0 Å². The quantitative estimate of drug-likeness (QED) is 0.532. The van der Waals surface area contributed by atoms with Gasteiger partial charge in [0.15, 0.2) is 0 Å². The third kappa shape index (κ3) is 4.83. The monoisotopic (exact) mass is 152 g/mol. The zero-order valence-electron chi connectivity index (χ0n) is 8.28. The number of allylic oxidation sites excluding steroid dienone is 4. The fourth-order valence-electron chi connectivity index (χ4n) is 1.08. The lowest BCUT2D eigenvalue weighted by Gasteiger charge is -2.01. The van der Waals surface area contributed by atoms with E-state index < -0.39 is 0 Å². The zero-order valence-corrected chi connectivity index (χ0v) is 8.28. The lowest BCUT2D eigenvalue weighted by Crippen LogP contribution is -1.81. The van der Waals surface area contributed by atoms with Crippen LogP contribution in [0.25, 0.3) is 0 Å². The normalized spacial score (nSPS) is 13.8. The van der Waals surface area contributed by atoms with Gasteiger partial charge in [0.1, 0.15) is 0 Å². The van der Waals surface area contributed by atoms with E-state index in [1.165, 1.54) is 24.8 Å². The van der Waals surface area contributed by atoms with Gasteiger partial charge in [-0.3, -0.25) is 0 Å². The highest BCUT2D eigenvalue weighted by Gasteiger charge is 1.91. The lowest BCUT2D eigenvalue weighted by molar-refractivity contribution is 0.857. The van der Waals surface area contributed by atoms with E-state index in [4.69, 9.17) is 0 Å². The maximum absolute atomic E-state index is 2.31. The number of hydrogen-bond donors (Lipinski definition) is 0. The Hall–Kier alpha value is -0.520. The summed E-state index contributed by atoms with van der Waals surface area (Å²) in [5, 5.41) is 0. The number of hydrogen-bond acceptors (Lipinski definition) is 0. The van der Waals surface area contributed by atoms with Crippen LogP contribution in [0.4, 0.5) is 0 Å². The van der Waals surface area contributed by atoms with Crippen LogP contribution in [0.3, 0.4) is 0 Å². The van der Waals surface area contributed by atoms with Crippen molar-refractivity contribution in [2.45, 2.75) is 47.0 Å². The lowest BCUT2D eigenvalue weighted by atomic mass is 10.1. The second-order valence-electron chi connectivity index (χ2n) is 2.94. The molecular formula is C11H20. The first-order valence-corrected chi connectivity index (χ1v) is 4.56. The van der Waals surface area contributed by atoms with Crippen molar-refractivity contribution >= 4 is 0 Å². The average Bonchev–Trinajstić information content (AvgIpc) is 2.03. The fraction of sp³-hybridized carbons (Fsp3) is 0.636. The van der Waals surface area contributed by atoms with Crippen LogP contribution < -0.4 is 0 Å².